The number of amides is 1. The number of halogens is 2. The second-order valence-electron chi connectivity index (χ2n) is 9.51. The lowest BCUT2D eigenvalue weighted by Gasteiger charge is -2.26. The third kappa shape index (κ3) is 5.93. The molecule has 0 aliphatic rings. The molecule has 0 bridgehead atoms. The van der Waals surface area contributed by atoms with Crippen LogP contribution in [0.5, 0.6) is 5.88 Å². The number of carbonyl (C=O) groups excluding carboxylic acids is 2. The molecule has 1 amide bonds. The first-order chi connectivity index (χ1) is 16.4. The van der Waals surface area contributed by atoms with Gasteiger partial charge in [0.2, 0.25) is 5.88 Å². The highest BCUT2D eigenvalue weighted by molar-refractivity contribution is 6.17. The van der Waals surface area contributed by atoms with Crippen LogP contribution < -0.4 is 10.1 Å². The molecule has 0 aliphatic carbocycles. The van der Waals surface area contributed by atoms with E-state index in [0.717, 1.165) is 12.1 Å². The summed E-state index contributed by atoms with van der Waals surface area (Å²) in [5.41, 5.74) is -1.08. The number of ketones is 1. The number of carbonyl (C=O) groups is 2. The molecule has 8 heteroatoms. The first-order valence-electron chi connectivity index (χ1n) is 11.5. The Morgan fingerprint density at radius 1 is 1.06 bits per heavy atom. The number of pyridine rings is 1. The average Bonchev–Trinajstić information content (AvgIpc) is 2.75. The summed E-state index contributed by atoms with van der Waals surface area (Å²) < 4.78 is 41.3. The smallest absolute Gasteiger partial charge is 0.408 e. The molecule has 0 spiro atoms. The molecule has 186 valence electrons. The van der Waals surface area contributed by atoms with Gasteiger partial charge in [0.15, 0.2) is 5.78 Å². The molecular weight excluding hydrogens is 454 g/mol. The number of alkyl carbamates (subject to hydrolysis) is 1. The number of fused-ring (bicyclic) bond motifs is 1. The molecule has 1 atom stereocenters. The van der Waals surface area contributed by atoms with Crippen LogP contribution >= 0.6 is 0 Å². The van der Waals surface area contributed by atoms with Gasteiger partial charge in [-0.05, 0) is 68.8 Å². The van der Waals surface area contributed by atoms with E-state index in [1.165, 1.54) is 12.3 Å². The fourth-order valence-corrected chi connectivity index (χ4v) is 3.82. The minimum atomic E-state index is -1.02. The van der Waals surface area contributed by atoms with Gasteiger partial charge < -0.3 is 14.8 Å². The monoisotopic (exact) mass is 484 g/mol. The van der Waals surface area contributed by atoms with Crippen LogP contribution in [0.3, 0.4) is 0 Å². The summed E-state index contributed by atoms with van der Waals surface area (Å²) in [5, 5.41) is 3.71. The number of aromatic nitrogens is 1. The lowest BCUT2D eigenvalue weighted by molar-refractivity contribution is 0.0489. The van der Waals surface area contributed by atoms with Crippen LogP contribution in [-0.2, 0) is 4.74 Å². The van der Waals surface area contributed by atoms with E-state index >= 15 is 8.78 Å². The zero-order valence-electron chi connectivity index (χ0n) is 20.7. The minimum Gasteiger partial charge on any atom is -0.478 e. The number of nitrogens with one attached hydrogen (secondary N) is 1. The standard InChI is InChI=1S/C27H30F2N2O4/c1-7-34-25-19-10-8-9-18(17(19)11-12-30-25)24(32)22-20(28)13-16(14-21(22)29)23(15(2)3)31-26(33)35-27(4,5)6/h8-15,23H,7H2,1-6H3,(H,31,33). The molecule has 1 aromatic heterocycles. The fourth-order valence-electron chi connectivity index (χ4n) is 3.82. The molecule has 1 heterocycles. The molecular formula is C27H30F2N2O4. The van der Waals surface area contributed by atoms with Crippen LogP contribution in [0.25, 0.3) is 10.8 Å². The molecule has 0 saturated heterocycles. The highest BCUT2D eigenvalue weighted by atomic mass is 19.1. The van der Waals surface area contributed by atoms with E-state index in [1.807, 2.05) is 6.92 Å². The normalized spacial score (nSPS) is 12.5. The topological polar surface area (TPSA) is 77.5 Å². The molecule has 2 aromatic carbocycles. The van der Waals surface area contributed by atoms with Crippen molar-refractivity contribution >= 4 is 22.6 Å². The second-order valence-corrected chi connectivity index (χ2v) is 9.51. The van der Waals surface area contributed by atoms with Crippen LogP contribution in [-0.4, -0.2) is 29.1 Å². The maximum Gasteiger partial charge on any atom is 0.408 e. The minimum absolute atomic E-state index is 0.128. The van der Waals surface area contributed by atoms with Crippen molar-refractivity contribution in [3.63, 3.8) is 0 Å². The zero-order chi connectivity index (χ0) is 25.9. The largest absolute Gasteiger partial charge is 0.478 e. The number of hydrogen-bond acceptors (Lipinski definition) is 5. The molecule has 1 N–H and O–H groups in total. The Balaban J connectivity index is 2.00. The van der Waals surface area contributed by atoms with Gasteiger partial charge in [0.1, 0.15) is 17.2 Å². The summed E-state index contributed by atoms with van der Waals surface area (Å²) >= 11 is 0. The van der Waals surface area contributed by atoms with Crippen molar-refractivity contribution in [1.29, 1.82) is 0 Å². The summed E-state index contributed by atoms with van der Waals surface area (Å²) in [7, 11) is 0. The van der Waals surface area contributed by atoms with Crippen LogP contribution in [0.4, 0.5) is 13.6 Å². The van der Waals surface area contributed by atoms with E-state index in [1.54, 1.807) is 52.8 Å². The van der Waals surface area contributed by atoms with E-state index in [-0.39, 0.29) is 17.0 Å². The fraction of sp³-hybridized carbons (Fsp3) is 0.370. The Bertz CT molecular complexity index is 1230. The number of nitrogens with zero attached hydrogens (tertiary/aromatic N) is 1. The third-order valence-electron chi connectivity index (χ3n) is 5.28. The third-order valence-corrected chi connectivity index (χ3v) is 5.28. The Morgan fingerprint density at radius 2 is 1.71 bits per heavy atom. The molecule has 3 rings (SSSR count). The van der Waals surface area contributed by atoms with Crippen molar-refractivity contribution in [2.45, 2.75) is 53.2 Å². The van der Waals surface area contributed by atoms with Crippen molar-refractivity contribution in [3.8, 4) is 5.88 Å². The van der Waals surface area contributed by atoms with Gasteiger partial charge in [-0.15, -0.1) is 0 Å². The Labute approximate surface area is 203 Å². The van der Waals surface area contributed by atoms with Crippen LogP contribution in [0, 0.1) is 17.6 Å². The van der Waals surface area contributed by atoms with Crippen molar-refractivity contribution in [3.05, 3.63) is 70.9 Å². The van der Waals surface area contributed by atoms with Gasteiger partial charge in [-0.3, -0.25) is 4.79 Å². The van der Waals surface area contributed by atoms with Gasteiger partial charge in [-0.25, -0.2) is 18.6 Å². The molecule has 1 unspecified atom stereocenters. The lowest BCUT2D eigenvalue weighted by Crippen LogP contribution is -2.37. The Morgan fingerprint density at radius 3 is 2.29 bits per heavy atom. The van der Waals surface area contributed by atoms with Crippen LogP contribution in [0.15, 0.2) is 42.6 Å². The summed E-state index contributed by atoms with van der Waals surface area (Å²) in [6.07, 6.45) is 0.779. The van der Waals surface area contributed by atoms with Gasteiger partial charge in [0.25, 0.3) is 0 Å². The maximum atomic E-state index is 15.2. The molecule has 35 heavy (non-hydrogen) atoms. The van der Waals surface area contributed by atoms with E-state index in [0.29, 0.717) is 23.3 Å². The van der Waals surface area contributed by atoms with Crippen molar-refractivity contribution in [1.82, 2.24) is 10.3 Å². The van der Waals surface area contributed by atoms with Crippen molar-refractivity contribution in [2.24, 2.45) is 5.92 Å². The Hall–Kier alpha value is -3.55. The second kappa shape index (κ2) is 10.4. The molecule has 0 saturated carbocycles. The average molecular weight is 485 g/mol. The number of benzene rings is 2. The zero-order valence-corrected chi connectivity index (χ0v) is 20.7. The SMILES string of the molecule is CCOc1nccc2c(C(=O)c3c(F)cc(C(NC(=O)OC(C)(C)C)C(C)C)cc3F)cccc12. The van der Waals surface area contributed by atoms with E-state index < -0.39 is 40.7 Å². The number of rotatable bonds is 7. The number of hydrogen-bond donors (Lipinski definition) is 1. The Kier molecular flexibility index (Phi) is 7.73. The highest BCUT2D eigenvalue weighted by Crippen LogP contribution is 2.31. The van der Waals surface area contributed by atoms with Gasteiger partial charge in [0, 0.05) is 17.1 Å². The van der Waals surface area contributed by atoms with Crippen LogP contribution in [0.2, 0.25) is 0 Å². The predicted octanol–water partition coefficient (Wildman–Crippen LogP) is 6.36. The first kappa shape index (κ1) is 26.1. The number of ether oxygens (including phenoxy) is 2. The highest BCUT2D eigenvalue weighted by Gasteiger charge is 2.27. The van der Waals surface area contributed by atoms with Gasteiger partial charge in [-0.2, -0.15) is 0 Å². The van der Waals surface area contributed by atoms with Gasteiger partial charge in [-0.1, -0.05) is 26.0 Å². The summed E-state index contributed by atoms with van der Waals surface area (Å²) in [6.45, 7) is 11.0. The predicted molar refractivity (Wildman–Crippen MR) is 130 cm³/mol. The first-order valence-corrected chi connectivity index (χ1v) is 11.5. The molecule has 0 fully saturated rings. The van der Waals surface area contributed by atoms with Crippen molar-refractivity contribution in [2.75, 3.05) is 6.61 Å². The molecule has 6 nitrogen and oxygen atoms in total. The summed E-state index contributed by atoms with van der Waals surface area (Å²) in [4.78, 5) is 29.7. The van der Waals surface area contributed by atoms with E-state index in [4.69, 9.17) is 9.47 Å². The maximum absolute atomic E-state index is 15.2. The summed E-state index contributed by atoms with van der Waals surface area (Å²) in [6, 6.07) is 7.89. The molecule has 0 radical (unpaired) electrons. The van der Waals surface area contributed by atoms with E-state index in [9.17, 15) is 9.59 Å². The lowest BCUT2D eigenvalue weighted by atomic mass is 9.92. The van der Waals surface area contributed by atoms with Crippen molar-refractivity contribution < 1.29 is 27.8 Å². The quantitative estimate of drug-likeness (QED) is 0.395. The van der Waals surface area contributed by atoms with Gasteiger partial charge in [0.05, 0.1) is 18.2 Å². The van der Waals surface area contributed by atoms with Gasteiger partial charge >= 0.3 is 6.09 Å². The summed E-state index contributed by atoms with van der Waals surface area (Å²) in [5.74, 6) is -2.70. The van der Waals surface area contributed by atoms with E-state index in [2.05, 4.69) is 10.3 Å². The molecule has 3 aromatic rings. The van der Waals surface area contributed by atoms with Crippen LogP contribution in [0.1, 0.15) is 69.1 Å². The molecule has 0 aliphatic heterocycles.